The molecule has 2 fully saturated rings. The van der Waals surface area contributed by atoms with Crippen molar-refractivity contribution in [2.75, 3.05) is 0 Å². The topological polar surface area (TPSA) is 69.6 Å². The first kappa shape index (κ1) is 14.7. The van der Waals surface area contributed by atoms with Gasteiger partial charge in [-0.1, -0.05) is 0 Å². The third kappa shape index (κ3) is 2.62. The molecule has 2 bridgehead atoms. The van der Waals surface area contributed by atoms with Crippen molar-refractivity contribution in [3.8, 4) is 0 Å². The van der Waals surface area contributed by atoms with Crippen LogP contribution < -0.4 is 10.5 Å². The first-order valence-corrected chi connectivity index (χ1v) is 8.76. The van der Waals surface area contributed by atoms with Crippen LogP contribution in [0.2, 0.25) is 0 Å². The van der Waals surface area contributed by atoms with Crippen molar-refractivity contribution in [2.45, 2.75) is 44.4 Å². The van der Waals surface area contributed by atoms with Crippen LogP contribution in [0, 0.1) is 6.92 Å². The zero-order chi connectivity index (χ0) is 16.0. The summed E-state index contributed by atoms with van der Waals surface area (Å²) >= 11 is 1.64. The van der Waals surface area contributed by atoms with Gasteiger partial charge in [0, 0.05) is 16.6 Å². The van der Waals surface area contributed by atoms with Gasteiger partial charge in [-0.05, 0) is 50.5 Å². The number of nitrogens with two attached hydrogens (primary N) is 1. The average molecular weight is 329 g/mol. The van der Waals surface area contributed by atoms with Crippen molar-refractivity contribution in [1.82, 2.24) is 4.57 Å². The van der Waals surface area contributed by atoms with Crippen molar-refractivity contribution < 1.29 is 9.53 Å². The molecule has 3 atom stereocenters. The van der Waals surface area contributed by atoms with Crippen molar-refractivity contribution >= 4 is 22.9 Å². The Kier molecular flexibility index (Phi) is 3.58. The molecule has 2 aliphatic rings. The highest BCUT2D eigenvalue weighted by atomic mass is 32.1. The van der Waals surface area contributed by atoms with E-state index in [2.05, 4.69) is 16.9 Å². The number of carbonyl (C=O) groups is 1. The number of rotatable bonds is 3. The SMILES string of the molecule is Cc1csc(=Nc2ccc(C(N)=O)cc2)n1C1CC2CCC1O2. The van der Waals surface area contributed by atoms with Gasteiger partial charge in [0.25, 0.3) is 0 Å². The molecule has 1 aromatic carbocycles. The van der Waals surface area contributed by atoms with Gasteiger partial charge in [0.1, 0.15) is 0 Å². The highest BCUT2D eigenvalue weighted by Gasteiger charge is 2.42. The smallest absolute Gasteiger partial charge is 0.248 e. The molecule has 120 valence electrons. The maximum absolute atomic E-state index is 11.2. The number of aryl methyl sites for hydroxylation is 1. The largest absolute Gasteiger partial charge is 0.373 e. The fourth-order valence-corrected chi connectivity index (χ4v) is 4.52. The predicted octanol–water partition coefficient (Wildman–Crippen LogP) is 2.68. The first-order chi connectivity index (χ1) is 11.1. The van der Waals surface area contributed by atoms with Gasteiger partial charge < -0.3 is 15.0 Å². The lowest BCUT2D eigenvalue weighted by atomic mass is 9.95. The monoisotopic (exact) mass is 329 g/mol. The Morgan fingerprint density at radius 3 is 2.74 bits per heavy atom. The highest BCUT2D eigenvalue weighted by molar-refractivity contribution is 7.07. The summed E-state index contributed by atoms with van der Waals surface area (Å²) in [5, 5.41) is 2.14. The van der Waals surface area contributed by atoms with Crippen LogP contribution in [-0.4, -0.2) is 22.7 Å². The van der Waals surface area contributed by atoms with E-state index in [9.17, 15) is 4.79 Å². The molecule has 0 spiro atoms. The Morgan fingerprint density at radius 2 is 2.13 bits per heavy atom. The molecule has 0 saturated carbocycles. The molecule has 1 aromatic heterocycles. The molecular formula is C17H19N3O2S. The third-order valence-corrected chi connectivity index (χ3v) is 5.66. The molecule has 0 aliphatic carbocycles. The molecule has 4 rings (SSSR count). The van der Waals surface area contributed by atoms with Crippen molar-refractivity contribution in [2.24, 2.45) is 10.7 Å². The van der Waals surface area contributed by atoms with Gasteiger partial charge in [-0.3, -0.25) is 4.79 Å². The molecule has 0 radical (unpaired) electrons. The Hall–Kier alpha value is -1.92. The Labute approximate surface area is 138 Å². The van der Waals surface area contributed by atoms with Gasteiger partial charge in [-0.25, -0.2) is 4.99 Å². The molecule has 1 amide bonds. The van der Waals surface area contributed by atoms with Gasteiger partial charge in [0.2, 0.25) is 5.91 Å². The molecule has 5 nitrogen and oxygen atoms in total. The minimum absolute atomic E-state index is 0.324. The number of nitrogens with zero attached hydrogens (tertiary/aromatic N) is 2. The molecule has 3 unspecified atom stereocenters. The molecule has 6 heteroatoms. The maximum atomic E-state index is 11.2. The van der Waals surface area contributed by atoms with Crippen molar-refractivity contribution in [3.05, 3.63) is 45.7 Å². The number of amides is 1. The zero-order valence-corrected chi connectivity index (χ0v) is 13.8. The Bertz CT molecular complexity index is 806. The van der Waals surface area contributed by atoms with Crippen molar-refractivity contribution in [1.29, 1.82) is 0 Å². The van der Waals surface area contributed by atoms with Crippen LogP contribution >= 0.6 is 11.3 Å². The second-order valence-electron chi connectivity index (χ2n) is 6.23. The van der Waals surface area contributed by atoms with Gasteiger partial charge in [0.15, 0.2) is 4.80 Å². The summed E-state index contributed by atoms with van der Waals surface area (Å²) in [4.78, 5) is 16.9. The molecular weight excluding hydrogens is 310 g/mol. The molecule has 2 saturated heterocycles. The van der Waals surface area contributed by atoms with Crippen LogP contribution in [0.4, 0.5) is 5.69 Å². The number of fused-ring (bicyclic) bond motifs is 2. The number of ether oxygens (including phenoxy) is 1. The van der Waals surface area contributed by atoms with Crippen LogP contribution in [0.5, 0.6) is 0 Å². The summed E-state index contributed by atoms with van der Waals surface area (Å²) < 4.78 is 8.32. The van der Waals surface area contributed by atoms with E-state index in [0.29, 0.717) is 23.8 Å². The molecule has 2 aromatic rings. The van der Waals surface area contributed by atoms with E-state index < -0.39 is 5.91 Å². The van der Waals surface area contributed by atoms with Gasteiger partial charge >= 0.3 is 0 Å². The fraction of sp³-hybridized carbons (Fsp3) is 0.412. The van der Waals surface area contributed by atoms with E-state index in [1.165, 1.54) is 12.1 Å². The van der Waals surface area contributed by atoms with Crippen LogP contribution in [-0.2, 0) is 4.74 Å². The Balaban J connectivity index is 1.70. The first-order valence-electron chi connectivity index (χ1n) is 7.88. The number of hydrogen-bond donors (Lipinski definition) is 1. The van der Waals surface area contributed by atoms with E-state index in [1.54, 1.807) is 23.5 Å². The quantitative estimate of drug-likeness (QED) is 0.940. The van der Waals surface area contributed by atoms with E-state index >= 15 is 0 Å². The second-order valence-corrected chi connectivity index (χ2v) is 7.07. The summed E-state index contributed by atoms with van der Waals surface area (Å²) in [5.41, 5.74) is 7.83. The van der Waals surface area contributed by atoms with Gasteiger partial charge in [0.05, 0.1) is 23.9 Å². The zero-order valence-electron chi connectivity index (χ0n) is 12.9. The summed E-state index contributed by atoms with van der Waals surface area (Å²) in [6, 6.07) is 7.48. The minimum atomic E-state index is -0.419. The lowest BCUT2D eigenvalue weighted by molar-refractivity contribution is 0.0932. The molecule has 3 heterocycles. The average Bonchev–Trinajstić information content (AvgIpc) is 3.24. The van der Waals surface area contributed by atoms with Gasteiger partial charge in [-0.15, -0.1) is 11.3 Å². The van der Waals surface area contributed by atoms with E-state index in [-0.39, 0.29) is 0 Å². The van der Waals surface area contributed by atoms with Crippen LogP contribution in [0.3, 0.4) is 0 Å². The number of benzene rings is 1. The van der Waals surface area contributed by atoms with Crippen molar-refractivity contribution in [3.63, 3.8) is 0 Å². The number of primary amides is 1. The molecule has 2 N–H and O–H groups in total. The number of carbonyl (C=O) groups excluding carboxylic acids is 1. The van der Waals surface area contributed by atoms with E-state index in [0.717, 1.165) is 23.3 Å². The summed E-state index contributed by atoms with van der Waals surface area (Å²) in [7, 11) is 0. The second kappa shape index (κ2) is 5.62. The molecule has 2 aliphatic heterocycles. The van der Waals surface area contributed by atoms with Crippen LogP contribution in [0.15, 0.2) is 34.6 Å². The Morgan fingerprint density at radius 1 is 1.35 bits per heavy atom. The number of thiazole rings is 1. The normalized spacial score (nSPS) is 26.8. The maximum Gasteiger partial charge on any atom is 0.248 e. The summed E-state index contributed by atoms with van der Waals surface area (Å²) in [6.45, 7) is 2.12. The number of hydrogen-bond acceptors (Lipinski definition) is 4. The predicted molar refractivity (Wildman–Crippen MR) is 88.8 cm³/mol. The summed E-state index contributed by atoms with van der Waals surface area (Å²) in [5.74, 6) is -0.419. The van der Waals surface area contributed by atoms with E-state index in [1.807, 2.05) is 12.1 Å². The lowest BCUT2D eigenvalue weighted by Crippen LogP contribution is -2.29. The third-order valence-electron chi connectivity index (χ3n) is 4.70. The van der Waals surface area contributed by atoms with Gasteiger partial charge in [-0.2, -0.15) is 0 Å². The number of aromatic nitrogens is 1. The van der Waals surface area contributed by atoms with Crippen LogP contribution in [0.1, 0.15) is 41.4 Å². The molecule has 23 heavy (non-hydrogen) atoms. The lowest BCUT2D eigenvalue weighted by Gasteiger charge is -2.21. The highest BCUT2D eigenvalue weighted by Crippen LogP contribution is 2.41. The fourth-order valence-electron chi connectivity index (χ4n) is 3.58. The van der Waals surface area contributed by atoms with E-state index in [4.69, 9.17) is 15.5 Å². The minimum Gasteiger partial charge on any atom is -0.373 e. The summed E-state index contributed by atoms with van der Waals surface area (Å²) in [6.07, 6.45) is 4.15. The standard InChI is InChI=1S/C17H19N3O2S/c1-10-9-23-17(19-12-4-2-11(3-5-12)16(18)21)20(10)14-8-13-6-7-15(14)22-13/h2-5,9,13-15H,6-8H2,1H3,(H2,18,21). The van der Waals surface area contributed by atoms with Crippen LogP contribution in [0.25, 0.3) is 0 Å².